The molecule has 4 bridgehead atoms. The van der Waals surface area contributed by atoms with Crippen LogP contribution in [0.4, 0.5) is 0 Å². The predicted molar refractivity (Wildman–Crippen MR) is 87.3 cm³/mol. The van der Waals surface area contributed by atoms with Crippen LogP contribution in [0.15, 0.2) is 48.5 Å². The van der Waals surface area contributed by atoms with Crippen molar-refractivity contribution in [3.05, 3.63) is 77.0 Å². The van der Waals surface area contributed by atoms with Gasteiger partial charge in [-0.25, -0.2) is 0 Å². The molecule has 4 N–H and O–H groups in total. The Morgan fingerprint density at radius 3 is 1.59 bits per heavy atom. The van der Waals surface area contributed by atoms with E-state index in [1.807, 2.05) is 0 Å². The summed E-state index contributed by atoms with van der Waals surface area (Å²) >= 11 is 0. The summed E-state index contributed by atoms with van der Waals surface area (Å²) in [4.78, 5) is 0. The summed E-state index contributed by atoms with van der Waals surface area (Å²) in [6.45, 7) is 3.43. The molecule has 0 saturated heterocycles. The lowest BCUT2D eigenvalue weighted by atomic mass is 10.1. The summed E-state index contributed by atoms with van der Waals surface area (Å²) in [6, 6.07) is 17.4. The van der Waals surface area contributed by atoms with E-state index in [1.165, 1.54) is 22.3 Å². The van der Waals surface area contributed by atoms with Crippen LogP contribution in [-0.4, -0.2) is 6.17 Å². The minimum Gasteiger partial charge on any atom is -0.295 e. The molecular weight excluding hydrogens is 272 g/mol. The number of nitrogens with one attached hydrogen (secondary N) is 4. The van der Waals surface area contributed by atoms with Crippen LogP contribution in [-0.2, 0) is 26.2 Å². The fourth-order valence-electron chi connectivity index (χ4n) is 3.08. The molecule has 0 aromatic heterocycles. The van der Waals surface area contributed by atoms with E-state index >= 15 is 0 Å². The van der Waals surface area contributed by atoms with E-state index < -0.39 is 0 Å². The largest absolute Gasteiger partial charge is 0.295 e. The van der Waals surface area contributed by atoms with Crippen LogP contribution in [0.2, 0.25) is 0 Å². The van der Waals surface area contributed by atoms with Gasteiger partial charge in [0.1, 0.15) is 6.17 Å². The summed E-state index contributed by atoms with van der Waals surface area (Å²) in [6.07, 6.45) is 1.24. The zero-order valence-electron chi connectivity index (χ0n) is 12.5. The SMILES string of the molecule is c1cc2cc(c1)CN[C](C1NCc3cccc(c3)CN1)NC2. The lowest BCUT2D eigenvalue weighted by molar-refractivity contribution is 0.351. The van der Waals surface area contributed by atoms with Gasteiger partial charge in [0.2, 0.25) is 0 Å². The smallest absolute Gasteiger partial charge is 0.134 e. The van der Waals surface area contributed by atoms with Gasteiger partial charge in [0.15, 0.2) is 0 Å². The van der Waals surface area contributed by atoms with Crippen LogP contribution in [0.5, 0.6) is 0 Å². The van der Waals surface area contributed by atoms with E-state index in [-0.39, 0.29) is 6.17 Å². The van der Waals surface area contributed by atoms with E-state index in [2.05, 4.69) is 69.8 Å². The van der Waals surface area contributed by atoms with Gasteiger partial charge < -0.3 is 0 Å². The summed E-state index contributed by atoms with van der Waals surface area (Å²) in [5, 5.41) is 14.2. The molecule has 2 heterocycles. The minimum atomic E-state index is 0.114. The van der Waals surface area contributed by atoms with Gasteiger partial charge in [-0.3, -0.25) is 21.3 Å². The van der Waals surface area contributed by atoms with Crippen LogP contribution in [0.1, 0.15) is 22.3 Å². The molecule has 0 saturated carbocycles. The number of hydrogen-bond donors (Lipinski definition) is 4. The van der Waals surface area contributed by atoms with Crippen LogP contribution in [0.3, 0.4) is 0 Å². The normalized spacial score (nSPS) is 19.8. The molecule has 0 amide bonds. The number of hydrogen-bond acceptors (Lipinski definition) is 4. The van der Waals surface area contributed by atoms with Crippen LogP contribution in [0.25, 0.3) is 0 Å². The molecule has 4 rings (SSSR count). The molecule has 4 heteroatoms. The zero-order chi connectivity index (χ0) is 14.8. The molecule has 0 unspecified atom stereocenters. The summed E-state index contributed by atoms with van der Waals surface area (Å²) < 4.78 is 0. The van der Waals surface area contributed by atoms with Crippen molar-refractivity contribution >= 4 is 0 Å². The van der Waals surface area contributed by atoms with Gasteiger partial charge in [-0.05, 0) is 22.3 Å². The quantitative estimate of drug-likeness (QED) is 0.645. The molecule has 113 valence electrons. The van der Waals surface area contributed by atoms with E-state index in [1.54, 1.807) is 0 Å². The second kappa shape index (κ2) is 6.18. The second-order valence-corrected chi connectivity index (χ2v) is 5.96. The summed E-state index contributed by atoms with van der Waals surface area (Å²) in [7, 11) is 0. The third kappa shape index (κ3) is 3.05. The third-order valence-corrected chi connectivity index (χ3v) is 4.26. The molecule has 2 aliphatic rings. The first-order valence-electron chi connectivity index (χ1n) is 7.84. The topological polar surface area (TPSA) is 48.1 Å². The molecule has 0 spiro atoms. The van der Waals surface area contributed by atoms with Crippen molar-refractivity contribution in [2.75, 3.05) is 0 Å². The van der Waals surface area contributed by atoms with E-state index in [0.717, 1.165) is 32.3 Å². The van der Waals surface area contributed by atoms with E-state index in [0.29, 0.717) is 0 Å². The maximum absolute atomic E-state index is 3.58. The Bertz CT molecular complexity index is 551. The van der Waals surface area contributed by atoms with Gasteiger partial charge in [-0.2, -0.15) is 0 Å². The van der Waals surface area contributed by atoms with E-state index in [4.69, 9.17) is 0 Å². The van der Waals surface area contributed by atoms with Crippen molar-refractivity contribution in [1.29, 1.82) is 0 Å². The molecular formula is C18H21N4. The molecule has 1 radical (unpaired) electrons. The molecule has 22 heavy (non-hydrogen) atoms. The fourth-order valence-corrected chi connectivity index (χ4v) is 3.08. The molecule has 2 aromatic rings. The predicted octanol–water partition coefficient (Wildman–Crippen LogP) is 1.59. The van der Waals surface area contributed by atoms with Gasteiger partial charge >= 0.3 is 0 Å². The average Bonchev–Trinajstić information content (AvgIpc) is 2.54. The lowest BCUT2D eigenvalue weighted by Crippen LogP contribution is -2.56. The molecule has 2 aromatic carbocycles. The molecule has 0 aliphatic carbocycles. The van der Waals surface area contributed by atoms with Crippen molar-refractivity contribution in [2.24, 2.45) is 0 Å². The first-order chi connectivity index (χ1) is 10.9. The first kappa shape index (κ1) is 13.9. The van der Waals surface area contributed by atoms with Gasteiger partial charge in [0.25, 0.3) is 0 Å². The van der Waals surface area contributed by atoms with Crippen molar-refractivity contribution in [3.63, 3.8) is 0 Å². The van der Waals surface area contributed by atoms with Crippen LogP contribution < -0.4 is 21.3 Å². The highest BCUT2D eigenvalue weighted by Crippen LogP contribution is 2.14. The van der Waals surface area contributed by atoms with Gasteiger partial charge in [0, 0.05) is 26.2 Å². The Morgan fingerprint density at radius 2 is 1.09 bits per heavy atom. The lowest BCUT2D eigenvalue weighted by Gasteiger charge is -2.32. The van der Waals surface area contributed by atoms with Crippen molar-refractivity contribution in [2.45, 2.75) is 32.3 Å². The average molecular weight is 293 g/mol. The van der Waals surface area contributed by atoms with Gasteiger partial charge in [0.05, 0.1) is 6.17 Å². The molecule has 0 fully saturated rings. The summed E-state index contributed by atoms with van der Waals surface area (Å²) in [5.74, 6) is 0. The second-order valence-electron chi connectivity index (χ2n) is 5.96. The highest BCUT2D eigenvalue weighted by Gasteiger charge is 2.23. The maximum atomic E-state index is 3.58. The Kier molecular flexibility index (Phi) is 3.91. The van der Waals surface area contributed by atoms with E-state index in [9.17, 15) is 0 Å². The van der Waals surface area contributed by atoms with Crippen molar-refractivity contribution in [1.82, 2.24) is 21.3 Å². The third-order valence-electron chi connectivity index (χ3n) is 4.26. The zero-order valence-corrected chi connectivity index (χ0v) is 12.5. The Labute approximate surface area is 131 Å². The number of rotatable bonds is 1. The van der Waals surface area contributed by atoms with Gasteiger partial charge in [-0.1, -0.05) is 48.5 Å². The Balaban J connectivity index is 1.47. The van der Waals surface area contributed by atoms with Crippen molar-refractivity contribution < 1.29 is 0 Å². The Hall–Kier alpha value is -1.72. The number of fused-ring (bicyclic) bond motifs is 4. The molecule has 0 atom stereocenters. The minimum absolute atomic E-state index is 0.114. The highest BCUT2D eigenvalue weighted by molar-refractivity contribution is 5.27. The monoisotopic (exact) mass is 293 g/mol. The Morgan fingerprint density at radius 1 is 0.636 bits per heavy atom. The molecule has 4 nitrogen and oxygen atoms in total. The number of benzene rings is 2. The highest BCUT2D eigenvalue weighted by atomic mass is 15.3. The van der Waals surface area contributed by atoms with Crippen LogP contribution in [0, 0.1) is 6.17 Å². The first-order valence-corrected chi connectivity index (χ1v) is 7.84. The standard InChI is InChI=1S/C18H21N4/c1-3-13-7-14(4-1)10-20-17(19-9-13)18-21-11-15-5-2-6-16(8-15)12-22-18/h1-8,17,19-22H,9-12H2. The maximum Gasteiger partial charge on any atom is 0.134 e. The summed E-state index contributed by atoms with van der Waals surface area (Å²) in [5.41, 5.74) is 5.32. The van der Waals surface area contributed by atoms with Gasteiger partial charge in [-0.15, -0.1) is 0 Å². The molecule has 2 aliphatic heterocycles. The fraction of sp³-hybridized carbons (Fsp3) is 0.278. The van der Waals surface area contributed by atoms with Crippen molar-refractivity contribution in [3.8, 4) is 0 Å². The van der Waals surface area contributed by atoms with Crippen LogP contribution >= 0.6 is 0 Å².